The van der Waals surface area contributed by atoms with Gasteiger partial charge in [0.2, 0.25) is 6.04 Å². The van der Waals surface area contributed by atoms with Gasteiger partial charge in [-0.25, -0.2) is 0 Å². The van der Waals surface area contributed by atoms with Gasteiger partial charge in [0.15, 0.2) is 0 Å². The van der Waals surface area contributed by atoms with E-state index in [2.05, 4.69) is 0 Å². The van der Waals surface area contributed by atoms with Gasteiger partial charge >= 0.3 is 11.9 Å². The number of esters is 2. The number of ether oxygens (including phenoxy) is 2. The van der Waals surface area contributed by atoms with Gasteiger partial charge in [-0.1, -0.05) is 42.5 Å². The monoisotopic (exact) mass is 441 g/mol. The Labute approximate surface area is 186 Å². The molecule has 1 saturated carbocycles. The molecule has 0 amide bonds. The van der Waals surface area contributed by atoms with Gasteiger partial charge in [-0.15, -0.1) is 0 Å². The molecule has 8 heteroatoms. The molecule has 170 valence electrons. The molecule has 1 fully saturated rings. The van der Waals surface area contributed by atoms with Gasteiger partial charge in [0.1, 0.15) is 11.2 Å². The van der Waals surface area contributed by atoms with Crippen LogP contribution in [0.15, 0.2) is 42.5 Å². The van der Waals surface area contributed by atoms with E-state index >= 15 is 0 Å². The number of rotatable bonds is 8. The molecule has 4 atom stereocenters. The molecule has 0 N–H and O–H groups in total. The summed E-state index contributed by atoms with van der Waals surface area (Å²) in [6.45, 7) is 4.69. The lowest BCUT2D eigenvalue weighted by molar-refractivity contribution is -0.532. The minimum Gasteiger partial charge on any atom is -0.466 e. The van der Waals surface area contributed by atoms with Crippen molar-refractivity contribution in [2.45, 2.75) is 45.6 Å². The Bertz CT molecular complexity index is 1050. The summed E-state index contributed by atoms with van der Waals surface area (Å²) < 4.78 is 10.3. The molecule has 1 aliphatic carbocycles. The van der Waals surface area contributed by atoms with Crippen molar-refractivity contribution >= 4 is 28.5 Å². The standard InChI is InChI=1S/C24H27NO7/c1-4-31-20(27)13-19-14-24(15(3)26,23(28)32-5-2)21(22(19)25(29)30)18-11-10-16-8-6-7-9-17(16)12-18/h6-12,19,21-22H,4-5,13-14H2,1-3H3/t19-,21+,22-,24+/m1/s1. The Morgan fingerprint density at radius 1 is 1.06 bits per heavy atom. The van der Waals surface area contributed by atoms with Crippen LogP contribution in [0.2, 0.25) is 0 Å². The van der Waals surface area contributed by atoms with E-state index in [0.717, 1.165) is 10.8 Å². The fourth-order valence-electron chi connectivity index (χ4n) is 5.01. The lowest BCUT2D eigenvalue weighted by Crippen LogP contribution is -2.44. The van der Waals surface area contributed by atoms with Gasteiger partial charge < -0.3 is 9.47 Å². The van der Waals surface area contributed by atoms with Crippen LogP contribution in [-0.4, -0.2) is 41.9 Å². The Balaban J connectivity index is 2.21. The normalized spacial score (nSPS) is 24.8. The molecule has 32 heavy (non-hydrogen) atoms. The van der Waals surface area contributed by atoms with Crippen LogP contribution in [0.25, 0.3) is 10.8 Å². The lowest BCUT2D eigenvalue weighted by Gasteiger charge is -2.31. The summed E-state index contributed by atoms with van der Waals surface area (Å²) in [7, 11) is 0. The first-order valence-corrected chi connectivity index (χ1v) is 10.7. The van der Waals surface area contributed by atoms with E-state index in [-0.39, 0.29) is 26.1 Å². The van der Waals surface area contributed by atoms with Crippen LogP contribution in [0.1, 0.15) is 45.1 Å². The molecular weight excluding hydrogens is 414 g/mol. The van der Waals surface area contributed by atoms with Gasteiger partial charge in [0.25, 0.3) is 0 Å². The first kappa shape index (κ1) is 23.4. The van der Waals surface area contributed by atoms with Crippen molar-refractivity contribution in [1.82, 2.24) is 0 Å². The lowest BCUT2D eigenvalue weighted by atomic mass is 9.70. The zero-order valence-corrected chi connectivity index (χ0v) is 18.4. The molecule has 1 aliphatic rings. The van der Waals surface area contributed by atoms with Crippen molar-refractivity contribution in [3.05, 3.63) is 58.1 Å². The molecule has 0 radical (unpaired) electrons. The molecule has 8 nitrogen and oxygen atoms in total. The average Bonchev–Trinajstić information content (AvgIpc) is 3.10. The van der Waals surface area contributed by atoms with E-state index < -0.39 is 45.9 Å². The number of nitro groups is 1. The highest BCUT2D eigenvalue weighted by Crippen LogP contribution is 2.55. The molecule has 0 heterocycles. The Kier molecular flexibility index (Phi) is 6.91. The number of hydrogen-bond acceptors (Lipinski definition) is 7. The second-order valence-electron chi connectivity index (χ2n) is 8.08. The third kappa shape index (κ3) is 4.09. The quantitative estimate of drug-likeness (QED) is 0.266. The maximum atomic E-state index is 13.2. The van der Waals surface area contributed by atoms with Crippen LogP contribution in [0.4, 0.5) is 0 Å². The van der Waals surface area contributed by atoms with Crippen molar-refractivity contribution in [2.24, 2.45) is 11.3 Å². The molecule has 0 bridgehead atoms. The van der Waals surface area contributed by atoms with E-state index in [1.807, 2.05) is 30.3 Å². The van der Waals surface area contributed by atoms with Crippen molar-refractivity contribution in [1.29, 1.82) is 0 Å². The number of ketones is 1. The number of hydrogen-bond donors (Lipinski definition) is 0. The fourth-order valence-corrected chi connectivity index (χ4v) is 5.01. The summed E-state index contributed by atoms with van der Waals surface area (Å²) >= 11 is 0. The van der Waals surface area contributed by atoms with Crippen LogP contribution in [0.3, 0.4) is 0 Å². The van der Waals surface area contributed by atoms with Crippen LogP contribution < -0.4 is 0 Å². The zero-order chi connectivity index (χ0) is 23.5. The van der Waals surface area contributed by atoms with Crippen molar-refractivity contribution in [3.8, 4) is 0 Å². The fraction of sp³-hybridized carbons (Fsp3) is 0.458. The predicted octanol–water partition coefficient (Wildman–Crippen LogP) is 3.68. The van der Waals surface area contributed by atoms with E-state index in [4.69, 9.17) is 9.47 Å². The summed E-state index contributed by atoms with van der Waals surface area (Å²) in [6, 6.07) is 11.5. The maximum absolute atomic E-state index is 13.2. The number of benzene rings is 2. The summed E-state index contributed by atoms with van der Waals surface area (Å²) in [5, 5.41) is 14.0. The number of Topliss-reactive ketones (excluding diaryl/α,β-unsaturated/α-hetero) is 1. The summed E-state index contributed by atoms with van der Waals surface area (Å²) in [6.07, 6.45) is -0.402. The van der Waals surface area contributed by atoms with Crippen molar-refractivity contribution in [3.63, 3.8) is 0 Å². The van der Waals surface area contributed by atoms with Crippen molar-refractivity contribution < 1.29 is 28.8 Å². The van der Waals surface area contributed by atoms with Gasteiger partial charge in [0, 0.05) is 10.8 Å². The third-order valence-corrected chi connectivity index (χ3v) is 6.32. The number of carbonyl (C=O) groups excluding carboxylic acids is 3. The first-order chi connectivity index (χ1) is 15.3. The predicted molar refractivity (Wildman–Crippen MR) is 117 cm³/mol. The molecule has 0 saturated heterocycles. The summed E-state index contributed by atoms with van der Waals surface area (Å²) in [4.78, 5) is 50.2. The van der Waals surface area contributed by atoms with Crippen LogP contribution >= 0.6 is 0 Å². The molecule has 0 aliphatic heterocycles. The topological polar surface area (TPSA) is 113 Å². The van der Waals surface area contributed by atoms with Crippen LogP contribution in [0.5, 0.6) is 0 Å². The molecular formula is C24H27NO7. The maximum Gasteiger partial charge on any atom is 0.320 e. The summed E-state index contributed by atoms with van der Waals surface area (Å²) in [5.74, 6) is -3.81. The molecule has 3 rings (SSSR count). The SMILES string of the molecule is CCOC(=O)C[C@@H]1C[C@@](C(C)=O)(C(=O)OCC)[C@@H](c2ccc3ccccc3c2)[C@@H]1[N+](=O)[O-]. The average molecular weight is 441 g/mol. The van der Waals surface area contributed by atoms with Crippen molar-refractivity contribution in [2.75, 3.05) is 13.2 Å². The smallest absolute Gasteiger partial charge is 0.320 e. The zero-order valence-electron chi connectivity index (χ0n) is 18.4. The molecule has 2 aromatic rings. The molecule has 0 spiro atoms. The highest BCUT2D eigenvalue weighted by atomic mass is 16.6. The molecule has 0 unspecified atom stereocenters. The third-order valence-electron chi connectivity index (χ3n) is 6.32. The number of carbonyl (C=O) groups is 3. The number of fused-ring (bicyclic) bond motifs is 1. The minimum absolute atomic E-state index is 0.0317. The highest BCUT2D eigenvalue weighted by molar-refractivity contribution is 6.04. The second kappa shape index (κ2) is 9.46. The van der Waals surface area contributed by atoms with Crippen LogP contribution in [-0.2, 0) is 23.9 Å². The second-order valence-corrected chi connectivity index (χ2v) is 8.08. The van der Waals surface area contributed by atoms with E-state index in [9.17, 15) is 24.5 Å². The van der Waals surface area contributed by atoms with E-state index in [1.165, 1.54) is 6.92 Å². The number of nitrogens with zero attached hydrogens (tertiary/aromatic N) is 1. The van der Waals surface area contributed by atoms with Gasteiger partial charge in [-0.3, -0.25) is 24.5 Å². The largest absolute Gasteiger partial charge is 0.466 e. The first-order valence-electron chi connectivity index (χ1n) is 10.7. The molecule has 2 aromatic carbocycles. The highest BCUT2D eigenvalue weighted by Gasteiger charge is 2.67. The van der Waals surface area contributed by atoms with Crippen LogP contribution in [0, 0.1) is 21.4 Å². The Morgan fingerprint density at radius 2 is 1.72 bits per heavy atom. The Hall–Kier alpha value is -3.29. The van der Waals surface area contributed by atoms with Gasteiger partial charge in [-0.05, 0) is 43.5 Å². The minimum atomic E-state index is -1.76. The van der Waals surface area contributed by atoms with E-state index in [0.29, 0.717) is 5.56 Å². The van der Waals surface area contributed by atoms with Gasteiger partial charge in [0.05, 0.1) is 25.6 Å². The van der Waals surface area contributed by atoms with E-state index in [1.54, 1.807) is 26.0 Å². The van der Waals surface area contributed by atoms with Gasteiger partial charge in [-0.2, -0.15) is 0 Å². The molecule has 0 aromatic heterocycles. The summed E-state index contributed by atoms with van der Waals surface area (Å²) in [5.41, 5.74) is -1.26. The Morgan fingerprint density at radius 3 is 2.31 bits per heavy atom.